The van der Waals surface area contributed by atoms with Crippen LogP contribution >= 0.6 is 0 Å². The lowest BCUT2D eigenvalue weighted by atomic mass is 10.0. The summed E-state index contributed by atoms with van der Waals surface area (Å²) in [6, 6.07) is 3.50. The highest BCUT2D eigenvalue weighted by atomic mass is 19.1. The molecule has 18 heavy (non-hydrogen) atoms. The topological polar surface area (TPSA) is 20.2 Å². The first-order chi connectivity index (χ1) is 8.65. The Morgan fingerprint density at radius 1 is 1.06 bits per heavy atom. The maximum absolute atomic E-state index is 13.1. The number of hydrogen-bond acceptors (Lipinski definition) is 1. The van der Waals surface area contributed by atoms with Crippen molar-refractivity contribution in [1.29, 1.82) is 0 Å². The summed E-state index contributed by atoms with van der Waals surface area (Å²) in [4.78, 5) is 0. The van der Waals surface area contributed by atoms with E-state index in [1.165, 1.54) is 37.8 Å². The van der Waals surface area contributed by atoms with Crippen molar-refractivity contribution in [3.63, 3.8) is 0 Å². The zero-order valence-electron chi connectivity index (χ0n) is 10.3. The van der Waals surface area contributed by atoms with Crippen molar-refractivity contribution in [2.24, 2.45) is 17.8 Å². The van der Waals surface area contributed by atoms with Gasteiger partial charge in [0.1, 0.15) is 11.6 Å². The molecular formula is C15H18F2O. The molecule has 2 aliphatic rings. The Morgan fingerprint density at radius 3 is 2.17 bits per heavy atom. The van der Waals surface area contributed by atoms with Crippen molar-refractivity contribution in [1.82, 2.24) is 0 Å². The Morgan fingerprint density at radius 2 is 1.61 bits per heavy atom. The highest BCUT2D eigenvalue weighted by Gasteiger charge is 2.53. The number of aliphatic hydroxyl groups is 1. The van der Waals surface area contributed by atoms with Gasteiger partial charge in [0.2, 0.25) is 0 Å². The van der Waals surface area contributed by atoms with Crippen molar-refractivity contribution in [3.05, 3.63) is 35.4 Å². The predicted molar refractivity (Wildman–Crippen MR) is 65.0 cm³/mol. The summed E-state index contributed by atoms with van der Waals surface area (Å²) in [5, 5.41) is 10.2. The maximum Gasteiger partial charge on any atom is 0.126 e. The quantitative estimate of drug-likeness (QED) is 0.875. The minimum absolute atomic E-state index is 0.360. The number of benzene rings is 1. The molecular weight excluding hydrogens is 234 g/mol. The van der Waals surface area contributed by atoms with Crippen LogP contribution in [0, 0.1) is 29.4 Å². The SMILES string of the molecule is OC(Cc1cc(F)cc(F)c1)C1C2CCCCC21. The van der Waals surface area contributed by atoms with Gasteiger partial charge in [-0.25, -0.2) is 8.78 Å². The number of fused-ring (bicyclic) bond motifs is 1. The van der Waals surface area contributed by atoms with E-state index in [0.29, 0.717) is 29.7 Å². The third-order valence-electron chi connectivity index (χ3n) is 4.53. The van der Waals surface area contributed by atoms with E-state index in [2.05, 4.69) is 0 Å². The van der Waals surface area contributed by atoms with E-state index in [1.807, 2.05) is 0 Å². The van der Waals surface area contributed by atoms with Crippen LogP contribution in [-0.2, 0) is 6.42 Å². The fraction of sp³-hybridized carbons (Fsp3) is 0.600. The van der Waals surface area contributed by atoms with E-state index >= 15 is 0 Å². The largest absolute Gasteiger partial charge is 0.392 e. The summed E-state index contributed by atoms with van der Waals surface area (Å²) >= 11 is 0. The van der Waals surface area contributed by atoms with Crippen LogP contribution in [0.25, 0.3) is 0 Å². The highest BCUT2D eigenvalue weighted by Crippen LogP contribution is 2.57. The van der Waals surface area contributed by atoms with Gasteiger partial charge >= 0.3 is 0 Å². The third kappa shape index (κ3) is 2.28. The van der Waals surface area contributed by atoms with Gasteiger partial charge in [-0.15, -0.1) is 0 Å². The standard InChI is InChI=1S/C15H18F2O/c16-10-5-9(6-11(17)8-10)7-14(18)15-12-3-1-2-4-13(12)15/h5-6,8,12-15,18H,1-4,7H2. The molecule has 2 aliphatic carbocycles. The molecule has 2 fully saturated rings. The van der Waals surface area contributed by atoms with Crippen LogP contribution in [0.15, 0.2) is 18.2 Å². The van der Waals surface area contributed by atoms with Crippen molar-refractivity contribution in [2.45, 2.75) is 38.2 Å². The zero-order valence-corrected chi connectivity index (χ0v) is 10.3. The lowest BCUT2D eigenvalue weighted by Crippen LogP contribution is -2.15. The smallest absolute Gasteiger partial charge is 0.126 e. The second-order valence-corrected chi connectivity index (χ2v) is 5.74. The summed E-state index contributed by atoms with van der Waals surface area (Å²) < 4.78 is 26.1. The van der Waals surface area contributed by atoms with E-state index in [9.17, 15) is 13.9 Å². The van der Waals surface area contributed by atoms with Gasteiger partial charge in [0.15, 0.2) is 0 Å². The van der Waals surface area contributed by atoms with Gasteiger partial charge in [-0.2, -0.15) is 0 Å². The zero-order chi connectivity index (χ0) is 12.7. The van der Waals surface area contributed by atoms with Crippen molar-refractivity contribution >= 4 is 0 Å². The summed E-state index contributed by atoms with van der Waals surface area (Å²) in [5.74, 6) is 0.550. The first-order valence-electron chi connectivity index (χ1n) is 6.78. The molecule has 0 heterocycles. The predicted octanol–water partition coefficient (Wildman–Crippen LogP) is 3.30. The van der Waals surface area contributed by atoms with Crippen LogP contribution in [0.3, 0.4) is 0 Å². The van der Waals surface area contributed by atoms with Crippen LogP contribution in [0.4, 0.5) is 8.78 Å². The van der Waals surface area contributed by atoms with Crippen LogP contribution in [0.2, 0.25) is 0 Å². The lowest BCUT2D eigenvalue weighted by molar-refractivity contribution is 0.140. The molecule has 0 aromatic heterocycles. The molecule has 1 N–H and O–H groups in total. The normalized spacial score (nSPS) is 31.8. The molecule has 3 atom stereocenters. The highest BCUT2D eigenvalue weighted by molar-refractivity contribution is 5.19. The Labute approximate surface area is 106 Å². The van der Waals surface area contributed by atoms with E-state index < -0.39 is 17.7 Å². The maximum atomic E-state index is 13.1. The summed E-state index contributed by atoms with van der Waals surface area (Å²) in [7, 11) is 0. The molecule has 0 saturated heterocycles. The van der Waals surface area contributed by atoms with Crippen LogP contribution < -0.4 is 0 Å². The van der Waals surface area contributed by atoms with Crippen molar-refractivity contribution in [3.8, 4) is 0 Å². The van der Waals surface area contributed by atoms with E-state index in [-0.39, 0.29) is 0 Å². The number of rotatable bonds is 3. The molecule has 0 aliphatic heterocycles. The molecule has 0 radical (unpaired) electrons. The molecule has 1 aromatic rings. The van der Waals surface area contributed by atoms with Gasteiger partial charge in [-0.1, -0.05) is 12.8 Å². The summed E-state index contributed by atoms with van der Waals surface area (Å²) in [6.07, 6.45) is 4.87. The molecule has 3 unspecified atom stereocenters. The van der Waals surface area contributed by atoms with Gasteiger partial charge in [0.05, 0.1) is 6.10 Å². The molecule has 3 heteroatoms. The third-order valence-corrected chi connectivity index (χ3v) is 4.53. The van der Waals surface area contributed by atoms with E-state index in [1.54, 1.807) is 0 Å². The second-order valence-electron chi connectivity index (χ2n) is 5.74. The van der Waals surface area contributed by atoms with E-state index in [0.717, 1.165) is 6.07 Å². The monoisotopic (exact) mass is 252 g/mol. The number of hydrogen-bond donors (Lipinski definition) is 1. The first kappa shape index (κ1) is 12.1. The minimum atomic E-state index is -0.564. The van der Waals surface area contributed by atoms with Gasteiger partial charge in [0.25, 0.3) is 0 Å². The van der Waals surface area contributed by atoms with Crippen molar-refractivity contribution in [2.75, 3.05) is 0 Å². The van der Waals surface area contributed by atoms with Crippen LogP contribution in [0.1, 0.15) is 31.2 Å². The average Bonchev–Trinajstić information content (AvgIpc) is 3.01. The molecule has 1 nitrogen and oxygen atoms in total. The Kier molecular flexibility index (Phi) is 3.10. The fourth-order valence-corrected chi connectivity index (χ4v) is 3.72. The van der Waals surface area contributed by atoms with Crippen molar-refractivity contribution < 1.29 is 13.9 Å². The summed E-state index contributed by atoms with van der Waals surface area (Å²) in [6.45, 7) is 0. The molecule has 0 spiro atoms. The molecule has 98 valence electrons. The minimum Gasteiger partial charge on any atom is -0.392 e. The molecule has 0 bridgehead atoms. The van der Waals surface area contributed by atoms with Crippen LogP contribution in [-0.4, -0.2) is 11.2 Å². The lowest BCUT2D eigenvalue weighted by Gasteiger charge is -2.10. The Balaban J connectivity index is 1.65. The van der Waals surface area contributed by atoms with Gasteiger partial charge in [-0.05, 0) is 54.7 Å². The number of aliphatic hydroxyl groups excluding tert-OH is 1. The van der Waals surface area contributed by atoms with Gasteiger partial charge in [0, 0.05) is 6.07 Å². The number of halogens is 2. The average molecular weight is 252 g/mol. The van der Waals surface area contributed by atoms with E-state index in [4.69, 9.17) is 0 Å². The van der Waals surface area contributed by atoms with Gasteiger partial charge < -0.3 is 5.11 Å². The molecule has 0 amide bonds. The van der Waals surface area contributed by atoms with Crippen LogP contribution in [0.5, 0.6) is 0 Å². The fourth-order valence-electron chi connectivity index (χ4n) is 3.72. The molecule has 2 saturated carbocycles. The Hall–Kier alpha value is -0.960. The van der Waals surface area contributed by atoms with Gasteiger partial charge in [-0.3, -0.25) is 0 Å². The summed E-state index contributed by atoms with van der Waals surface area (Å²) in [5.41, 5.74) is 0.559. The molecule has 3 rings (SSSR count). The second kappa shape index (κ2) is 4.61. The Bertz CT molecular complexity index is 414. The molecule has 1 aromatic carbocycles. The first-order valence-corrected chi connectivity index (χ1v) is 6.78.